The zero-order valence-electron chi connectivity index (χ0n) is 11.1. The number of nitrogens with one attached hydrogen (secondary N) is 2. The molecular formula is C14H21N3O. The van der Waals surface area contributed by atoms with Crippen LogP contribution in [0.2, 0.25) is 0 Å². The highest BCUT2D eigenvalue weighted by Crippen LogP contribution is 2.15. The van der Waals surface area contributed by atoms with Crippen LogP contribution in [0.15, 0.2) is 18.3 Å². The molecule has 2 atom stereocenters. The molecule has 1 aliphatic heterocycles. The Morgan fingerprint density at radius 2 is 2.44 bits per heavy atom. The van der Waals surface area contributed by atoms with Gasteiger partial charge in [0.25, 0.3) is 0 Å². The molecule has 1 saturated heterocycles. The van der Waals surface area contributed by atoms with Gasteiger partial charge in [0.05, 0.1) is 18.2 Å². The molecule has 0 saturated carbocycles. The van der Waals surface area contributed by atoms with E-state index in [0.29, 0.717) is 6.54 Å². The number of pyridine rings is 1. The summed E-state index contributed by atoms with van der Waals surface area (Å²) in [5, 5.41) is 6.30. The summed E-state index contributed by atoms with van der Waals surface area (Å²) in [5.74, 6) is 0.235. The first-order valence-corrected chi connectivity index (χ1v) is 6.66. The third kappa shape index (κ3) is 2.88. The number of carbonyl (C=O) groups excluding carboxylic acids is 1. The van der Waals surface area contributed by atoms with Crippen molar-refractivity contribution in [1.29, 1.82) is 0 Å². The Morgan fingerprint density at radius 3 is 3.11 bits per heavy atom. The molecule has 1 aromatic heterocycles. The van der Waals surface area contributed by atoms with Gasteiger partial charge in [0.15, 0.2) is 0 Å². The second-order valence-corrected chi connectivity index (χ2v) is 4.82. The summed E-state index contributed by atoms with van der Waals surface area (Å²) >= 11 is 0. The van der Waals surface area contributed by atoms with Crippen LogP contribution < -0.4 is 10.6 Å². The van der Waals surface area contributed by atoms with E-state index < -0.39 is 0 Å². The average molecular weight is 247 g/mol. The van der Waals surface area contributed by atoms with Crippen LogP contribution in [0.3, 0.4) is 0 Å². The highest BCUT2D eigenvalue weighted by molar-refractivity contribution is 5.79. The molecular weight excluding hydrogens is 226 g/mol. The smallest absolute Gasteiger partial charge is 0.225 e. The Hall–Kier alpha value is -1.42. The van der Waals surface area contributed by atoms with Gasteiger partial charge < -0.3 is 10.6 Å². The molecule has 98 valence electrons. The summed E-state index contributed by atoms with van der Waals surface area (Å²) in [6.45, 7) is 5.63. The number of hydrogen-bond acceptors (Lipinski definition) is 3. The van der Waals surface area contributed by atoms with Gasteiger partial charge >= 0.3 is 0 Å². The second-order valence-electron chi connectivity index (χ2n) is 4.82. The molecule has 1 amide bonds. The molecule has 0 spiro atoms. The minimum absolute atomic E-state index is 0.0961. The van der Waals surface area contributed by atoms with Crippen LogP contribution in [0.25, 0.3) is 0 Å². The number of aromatic nitrogens is 1. The molecule has 4 nitrogen and oxygen atoms in total. The van der Waals surface area contributed by atoms with Gasteiger partial charge in [-0.25, -0.2) is 0 Å². The number of nitrogens with zero attached hydrogens (tertiary/aromatic N) is 1. The number of carbonyl (C=O) groups is 1. The van der Waals surface area contributed by atoms with E-state index in [1.807, 2.05) is 6.07 Å². The van der Waals surface area contributed by atoms with E-state index in [9.17, 15) is 4.79 Å². The fourth-order valence-corrected chi connectivity index (χ4v) is 2.47. The molecule has 1 aromatic rings. The van der Waals surface area contributed by atoms with E-state index >= 15 is 0 Å². The summed E-state index contributed by atoms with van der Waals surface area (Å²) in [6.07, 6.45) is 3.65. The van der Waals surface area contributed by atoms with Gasteiger partial charge in [0, 0.05) is 12.2 Å². The number of rotatable bonds is 4. The third-order valence-corrected chi connectivity index (χ3v) is 3.66. The largest absolute Gasteiger partial charge is 0.350 e. The Kier molecular flexibility index (Phi) is 4.31. The van der Waals surface area contributed by atoms with Crippen LogP contribution >= 0.6 is 0 Å². The van der Waals surface area contributed by atoms with Crippen molar-refractivity contribution < 1.29 is 4.79 Å². The van der Waals surface area contributed by atoms with Gasteiger partial charge in [0.2, 0.25) is 5.91 Å². The van der Waals surface area contributed by atoms with E-state index in [4.69, 9.17) is 0 Å². The van der Waals surface area contributed by atoms with Crippen LogP contribution in [0.5, 0.6) is 0 Å². The lowest BCUT2D eigenvalue weighted by Crippen LogP contribution is -2.36. The van der Waals surface area contributed by atoms with Crippen molar-refractivity contribution in [3.8, 4) is 0 Å². The molecule has 0 bridgehead atoms. The van der Waals surface area contributed by atoms with E-state index in [-0.39, 0.29) is 17.9 Å². The maximum absolute atomic E-state index is 12.0. The Bertz CT molecular complexity index is 419. The summed E-state index contributed by atoms with van der Waals surface area (Å²) in [4.78, 5) is 16.4. The molecule has 1 aliphatic rings. The molecule has 18 heavy (non-hydrogen) atoms. The SMILES string of the molecule is CCc1cccnc1CNC(=O)C1CCNC1C. The van der Waals surface area contributed by atoms with Crippen molar-refractivity contribution in [2.24, 2.45) is 5.92 Å². The zero-order chi connectivity index (χ0) is 13.0. The fourth-order valence-electron chi connectivity index (χ4n) is 2.47. The van der Waals surface area contributed by atoms with Crippen LogP contribution in [-0.2, 0) is 17.8 Å². The fraction of sp³-hybridized carbons (Fsp3) is 0.571. The zero-order valence-corrected chi connectivity index (χ0v) is 11.1. The molecule has 0 aromatic carbocycles. The van der Waals surface area contributed by atoms with Gasteiger partial charge in [-0.3, -0.25) is 9.78 Å². The highest BCUT2D eigenvalue weighted by atomic mass is 16.1. The standard InChI is InChI=1S/C14H21N3O/c1-3-11-5-4-7-16-13(11)9-17-14(18)12-6-8-15-10(12)2/h4-5,7,10,12,15H,3,6,8-9H2,1-2H3,(H,17,18). The summed E-state index contributed by atoms with van der Waals surface area (Å²) in [6, 6.07) is 4.28. The molecule has 2 rings (SSSR count). The third-order valence-electron chi connectivity index (χ3n) is 3.66. The van der Waals surface area contributed by atoms with Gasteiger partial charge in [-0.15, -0.1) is 0 Å². The molecule has 1 fully saturated rings. The molecule has 0 aliphatic carbocycles. The maximum Gasteiger partial charge on any atom is 0.225 e. The van der Waals surface area contributed by atoms with Crippen molar-refractivity contribution in [2.45, 2.75) is 39.3 Å². The minimum atomic E-state index is 0.0961. The lowest BCUT2D eigenvalue weighted by molar-refractivity contribution is -0.125. The molecule has 0 radical (unpaired) electrons. The van der Waals surface area contributed by atoms with Gasteiger partial charge in [0.1, 0.15) is 0 Å². The molecule has 2 N–H and O–H groups in total. The average Bonchev–Trinajstić information content (AvgIpc) is 2.82. The van der Waals surface area contributed by atoms with E-state index in [2.05, 4.69) is 35.5 Å². The lowest BCUT2D eigenvalue weighted by atomic mass is 10.0. The second kappa shape index (κ2) is 5.96. The predicted octanol–water partition coefficient (Wildman–Crippen LogP) is 1.26. The van der Waals surface area contributed by atoms with Crippen molar-refractivity contribution >= 4 is 5.91 Å². The lowest BCUT2D eigenvalue weighted by Gasteiger charge is -2.15. The molecule has 4 heteroatoms. The van der Waals surface area contributed by atoms with Crippen LogP contribution in [0.1, 0.15) is 31.5 Å². The van der Waals surface area contributed by atoms with Gasteiger partial charge in [-0.2, -0.15) is 0 Å². The molecule has 2 unspecified atom stereocenters. The topological polar surface area (TPSA) is 54.0 Å². The summed E-state index contributed by atoms with van der Waals surface area (Å²) in [7, 11) is 0. The quantitative estimate of drug-likeness (QED) is 0.842. The minimum Gasteiger partial charge on any atom is -0.350 e. The van der Waals surface area contributed by atoms with Crippen molar-refractivity contribution in [1.82, 2.24) is 15.6 Å². The van der Waals surface area contributed by atoms with Crippen molar-refractivity contribution in [2.75, 3.05) is 6.54 Å². The normalized spacial score (nSPS) is 23.0. The summed E-state index contributed by atoms with van der Waals surface area (Å²) in [5.41, 5.74) is 2.18. The van der Waals surface area contributed by atoms with Crippen molar-refractivity contribution in [3.05, 3.63) is 29.6 Å². The summed E-state index contributed by atoms with van der Waals surface area (Å²) < 4.78 is 0. The van der Waals surface area contributed by atoms with E-state index in [1.54, 1.807) is 6.20 Å². The first-order chi connectivity index (χ1) is 8.72. The van der Waals surface area contributed by atoms with Crippen LogP contribution in [0, 0.1) is 5.92 Å². The van der Waals surface area contributed by atoms with Gasteiger partial charge in [-0.1, -0.05) is 13.0 Å². The van der Waals surface area contributed by atoms with E-state index in [1.165, 1.54) is 5.56 Å². The maximum atomic E-state index is 12.0. The Morgan fingerprint density at radius 1 is 1.61 bits per heavy atom. The highest BCUT2D eigenvalue weighted by Gasteiger charge is 2.29. The number of amides is 1. The van der Waals surface area contributed by atoms with Crippen LogP contribution in [0.4, 0.5) is 0 Å². The monoisotopic (exact) mass is 247 g/mol. The number of hydrogen-bond donors (Lipinski definition) is 2. The first-order valence-electron chi connectivity index (χ1n) is 6.66. The predicted molar refractivity (Wildman–Crippen MR) is 71.0 cm³/mol. The van der Waals surface area contributed by atoms with Crippen molar-refractivity contribution in [3.63, 3.8) is 0 Å². The first kappa shape index (κ1) is 13.0. The molecule has 2 heterocycles. The van der Waals surface area contributed by atoms with Crippen LogP contribution in [-0.4, -0.2) is 23.5 Å². The van der Waals surface area contributed by atoms with E-state index in [0.717, 1.165) is 25.1 Å². The van der Waals surface area contributed by atoms with Gasteiger partial charge in [-0.05, 0) is 37.9 Å². The Balaban J connectivity index is 1.93. The number of aryl methyl sites for hydroxylation is 1. The Labute approximate surface area is 108 Å².